The lowest BCUT2D eigenvalue weighted by molar-refractivity contribution is -0.133. The second kappa shape index (κ2) is 5.69. The highest BCUT2D eigenvalue weighted by Gasteiger charge is 2.30. The molecule has 0 aliphatic carbocycles. The summed E-state index contributed by atoms with van der Waals surface area (Å²) < 4.78 is 0. The Balaban J connectivity index is 1.91. The van der Waals surface area contributed by atoms with Crippen molar-refractivity contribution in [1.29, 1.82) is 0 Å². The van der Waals surface area contributed by atoms with Gasteiger partial charge in [-0.25, -0.2) is 0 Å². The van der Waals surface area contributed by atoms with Gasteiger partial charge in [-0.3, -0.25) is 9.59 Å². The van der Waals surface area contributed by atoms with E-state index in [1.54, 1.807) is 6.92 Å². The average Bonchev–Trinajstić information content (AvgIpc) is 2.76. The van der Waals surface area contributed by atoms with E-state index in [0.29, 0.717) is 18.9 Å². The van der Waals surface area contributed by atoms with E-state index in [0.717, 1.165) is 32.6 Å². The van der Waals surface area contributed by atoms with Gasteiger partial charge in [0.1, 0.15) is 6.04 Å². The second-order valence-electron chi connectivity index (χ2n) is 5.37. The maximum Gasteiger partial charge on any atom is 0.244 e. The Morgan fingerprint density at radius 1 is 1.33 bits per heavy atom. The first-order valence-corrected chi connectivity index (χ1v) is 6.90. The number of amides is 2. The van der Waals surface area contributed by atoms with E-state index in [9.17, 15) is 9.59 Å². The Morgan fingerprint density at radius 2 is 2.11 bits per heavy atom. The van der Waals surface area contributed by atoms with Crippen molar-refractivity contribution in [2.45, 2.75) is 32.7 Å². The zero-order chi connectivity index (χ0) is 13.1. The number of hydrogen-bond donors (Lipinski definition) is 1. The molecular weight excluding hydrogens is 230 g/mol. The number of likely N-dealkylation sites (tertiary alicyclic amines) is 1. The summed E-state index contributed by atoms with van der Waals surface area (Å²) >= 11 is 0. The maximum absolute atomic E-state index is 12.1. The number of carbonyl (C=O) groups is 2. The van der Waals surface area contributed by atoms with E-state index in [4.69, 9.17) is 0 Å². The van der Waals surface area contributed by atoms with E-state index >= 15 is 0 Å². The molecule has 2 atom stereocenters. The van der Waals surface area contributed by atoms with Crippen LogP contribution in [0.2, 0.25) is 0 Å². The molecule has 0 bridgehead atoms. The van der Waals surface area contributed by atoms with E-state index < -0.39 is 0 Å². The normalized spacial score (nSPS) is 30.4. The number of nitrogens with zero attached hydrogens (tertiary/aromatic N) is 2. The van der Waals surface area contributed by atoms with E-state index in [1.807, 2.05) is 4.90 Å². The molecule has 18 heavy (non-hydrogen) atoms. The molecule has 2 heterocycles. The highest BCUT2D eigenvalue weighted by Crippen LogP contribution is 2.18. The van der Waals surface area contributed by atoms with Crippen LogP contribution in [0, 0.1) is 5.92 Å². The Morgan fingerprint density at radius 3 is 2.78 bits per heavy atom. The molecular formula is C13H23N3O2. The molecule has 0 spiro atoms. The molecule has 0 aromatic carbocycles. The summed E-state index contributed by atoms with van der Waals surface area (Å²) in [5.41, 5.74) is 0. The van der Waals surface area contributed by atoms with Crippen molar-refractivity contribution in [1.82, 2.24) is 15.1 Å². The Labute approximate surface area is 108 Å². The van der Waals surface area contributed by atoms with Gasteiger partial charge in [0, 0.05) is 26.1 Å². The molecule has 5 nitrogen and oxygen atoms in total. The summed E-state index contributed by atoms with van der Waals surface area (Å²) in [6.45, 7) is 8.61. The lowest BCUT2D eigenvalue weighted by atomic mass is 10.1. The van der Waals surface area contributed by atoms with Gasteiger partial charge >= 0.3 is 0 Å². The monoisotopic (exact) mass is 253 g/mol. The Kier molecular flexibility index (Phi) is 4.22. The van der Waals surface area contributed by atoms with Crippen molar-refractivity contribution in [2.75, 3.05) is 32.7 Å². The largest absolute Gasteiger partial charge is 0.345 e. The molecule has 0 aromatic heterocycles. The van der Waals surface area contributed by atoms with Crippen LogP contribution < -0.4 is 5.32 Å². The minimum Gasteiger partial charge on any atom is -0.345 e. The van der Waals surface area contributed by atoms with Crippen molar-refractivity contribution in [2.24, 2.45) is 5.92 Å². The molecule has 2 amide bonds. The smallest absolute Gasteiger partial charge is 0.244 e. The summed E-state index contributed by atoms with van der Waals surface area (Å²) in [5.74, 6) is 0.616. The SMILES string of the molecule is CCN1CCC(CN2CCC(=O)NC(C)C2=O)C1. The van der Waals surface area contributed by atoms with E-state index in [-0.39, 0.29) is 17.9 Å². The van der Waals surface area contributed by atoms with Gasteiger partial charge in [0.25, 0.3) is 0 Å². The van der Waals surface area contributed by atoms with E-state index in [1.165, 1.54) is 0 Å². The van der Waals surface area contributed by atoms with Gasteiger partial charge in [0.05, 0.1) is 0 Å². The van der Waals surface area contributed by atoms with Crippen molar-refractivity contribution < 1.29 is 9.59 Å². The van der Waals surface area contributed by atoms with Gasteiger partial charge in [0.15, 0.2) is 0 Å². The number of nitrogens with one attached hydrogen (secondary N) is 1. The van der Waals surface area contributed by atoms with Crippen molar-refractivity contribution in [3.8, 4) is 0 Å². The standard InChI is InChI=1S/C13H23N3O2/c1-3-15-6-4-11(8-15)9-16-7-5-12(17)14-10(2)13(16)18/h10-11H,3-9H2,1-2H3,(H,14,17). The van der Waals surface area contributed by atoms with Crippen LogP contribution in [0.15, 0.2) is 0 Å². The predicted molar refractivity (Wildman–Crippen MR) is 69.0 cm³/mol. The fraction of sp³-hybridized carbons (Fsp3) is 0.846. The zero-order valence-electron chi connectivity index (χ0n) is 11.3. The van der Waals surface area contributed by atoms with Crippen LogP contribution in [0.5, 0.6) is 0 Å². The molecule has 0 radical (unpaired) electrons. The number of hydrogen-bond acceptors (Lipinski definition) is 3. The molecule has 0 aromatic rings. The molecule has 2 fully saturated rings. The first-order chi connectivity index (χ1) is 8.60. The highest BCUT2D eigenvalue weighted by atomic mass is 16.2. The van der Waals surface area contributed by atoms with Crippen LogP contribution >= 0.6 is 0 Å². The quantitative estimate of drug-likeness (QED) is 0.774. The fourth-order valence-corrected chi connectivity index (χ4v) is 2.84. The maximum atomic E-state index is 12.1. The first-order valence-electron chi connectivity index (χ1n) is 6.90. The summed E-state index contributed by atoms with van der Waals surface area (Å²) in [6, 6.07) is -0.372. The van der Waals surface area contributed by atoms with Crippen LogP contribution in [0.1, 0.15) is 26.7 Å². The van der Waals surface area contributed by atoms with E-state index in [2.05, 4.69) is 17.1 Å². The second-order valence-corrected chi connectivity index (χ2v) is 5.37. The zero-order valence-corrected chi connectivity index (χ0v) is 11.3. The summed E-state index contributed by atoms with van der Waals surface area (Å²) in [5, 5.41) is 2.73. The highest BCUT2D eigenvalue weighted by molar-refractivity contribution is 5.89. The fourth-order valence-electron chi connectivity index (χ4n) is 2.84. The first kappa shape index (κ1) is 13.3. The minimum atomic E-state index is -0.372. The van der Waals surface area contributed by atoms with Crippen LogP contribution in [-0.2, 0) is 9.59 Å². The molecule has 2 unspecified atom stereocenters. The van der Waals surface area contributed by atoms with Gasteiger partial charge < -0.3 is 15.1 Å². The summed E-state index contributed by atoms with van der Waals surface area (Å²) in [7, 11) is 0. The molecule has 2 rings (SSSR count). The Hall–Kier alpha value is -1.10. The third-order valence-electron chi connectivity index (χ3n) is 3.96. The average molecular weight is 253 g/mol. The third-order valence-corrected chi connectivity index (χ3v) is 3.96. The van der Waals surface area contributed by atoms with Gasteiger partial charge in [-0.05, 0) is 32.4 Å². The minimum absolute atomic E-state index is 0.0139. The van der Waals surface area contributed by atoms with Gasteiger partial charge in [-0.2, -0.15) is 0 Å². The molecule has 102 valence electrons. The Bertz CT molecular complexity index is 332. The molecule has 2 aliphatic rings. The molecule has 0 saturated carbocycles. The predicted octanol–water partition coefficient (Wildman–Crippen LogP) is 0.0652. The lowest BCUT2D eigenvalue weighted by Crippen LogP contribution is -2.44. The molecule has 5 heteroatoms. The van der Waals surface area contributed by atoms with Crippen molar-refractivity contribution in [3.63, 3.8) is 0 Å². The third kappa shape index (κ3) is 3.02. The molecule has 2 aliphatic heterocycles. The number of carbonyl (C=O) groups excluding carboxylic acids is 2. The van der Waals surface area contributed by atoms with Crippen molar-refractivity contribution >= 4 is 11.8 Å². The van der Waals surface area contributed by atoms with Gasteiger partial charge in [0.2, 0.25) is 11.8 Å². The summed E-state index contributed by atoms with van der Waals surface area (Å²) in [4.78, 5) is 27.8. The van der Waals surface area contributed by atoms with Crippen molar-refractivity contribution in [3.05, 3.63) is 0 Å². The topological polar surface area (TPSA) is 52.6 Å². The van der Waals surface area contributed by atoms with Crippen LogP contribution in [0.4, 0.5) is 0 Å². The van der Waals surface area contributed by atoms with Gasteiger partial charge in [-0.15, -0.1) is 0 Å². The number of rotatable bonds is 3. The lowest BCUT2D eigenvalue weighted by Gasteiger charge is -2.25. The molecule has 2 saturated heterocycles. The van der Waals surface area contributed by atoms with Crippen LogP contribution in [0.25, 0.3) is 0 Å². The summed E-state index contributed by atoms with van der Waals surface area (Å²) in [6.07, 6.45) is 1.59. The molecule has 1 N–H and O–H groups in total. The van der Waals surface area contributed by atoms with Crippen LogP contribution in [0.3, 0.4) is 0 Å². The van der Waals surface area contributed by atoms with Crippen LogP contribution in [-0.4, -0.2) is 60.4 Å². The van der Waals surface area contributed by atoms with Gasteiger partial charge in [-0.1, -0.05) is 6.92 Å².